The van der Waals surface area contributed by atoms with Crippen molar-refractivity contribution < 1.29 is 0 Å². The van der Waals surface area contributed by atoms with Gasteiger partial charge in [-0.3, -0.25) is 0 Å². The Labute approximate surface area is 107 Å². The zero-order chi connectivity index (χ0) is 12.6. The molecule has 0 fully saturated rings. The summed E-state index contributed by atoms with van der Waals surface area (Å²) in [6, 6.07) is 8.58. The smallest absolute Gasteiger partial charge is 0.0565 e. The molecule has 1 aromatic carbocycles. The van der Waals surface area contributed by atoms with E-state index < -0.39 is 0 Å². The number of benzene rings is 1. The minimum absolute atomic E-state index is 0.000139. The van der Waals surface area contributed by atoms with Crippen molar-refractivity contribution in [2.45, 2.75) is 33.7 Å². The molecule has 1 heterocycles. The molecular formula is C15H19NS. The molecule has 1 nitrogen and oxygen atoms in total. The van der Waals surface area contributed by atoms with Gasteiger partial charge in [0.05, 0.1) is 6.04 Å². The lowest BCUT2D eigenvalue weighted by atomic mass is 9.93. The summed E-state index contributed by atoms with van der Waals surface area (Å²) in [4.78, 5) is 2.66. The monoisotopic (exact) mass is 245 g/mol. The average molecular weight is 245 g/mol. The maximum atomic E-state index is 6.41. The Hall–Kier alpha value is -1.12. The molecule has 2 N–H and O–H groups in total. The van der Waals surface area contributed by atoms with Crippen LogP contribution >= 0.6 is 11.3 Å². The molecule has 0 aliphatic rings. The molecule has 0 aliphatic heterocycles. The molecule has 0 amide bonds. The Morgan fingerprint density at radius 2 is 1.76 bits per heavy atom. The lowest BCUT2D eigenvalue weighted by molar-refractivity contribution is 0.856. The first-order valence-corrected chi connectivity index (χ1v) is 6.71. The van der Waals surface area contributed by atoms with Crippen LogP contribution in [0.3, 0.4) is 0 Å². The largest absolute Gasteiger partial charge is 0.320 e. The molecular weight excluding hydrogens is 226 g/mol. The summed E-state index contributed by atoms with van der Waals surface area (Å²) >= 11 is 1.82. The van der Waals surface area contributed by atoms with Crippen LogP contribution in [0.25, 0.3) is 0 Å². The van der Waals surface area contributed by atoms with Gasteiger partial charge in [0.1, 0.15) is 0 Å². The normalized spacial score (nSPS) is 12.8. The number of rotatable bonds is 2. The van der Waals surface area contributed by atoms with Gasteiger partial charge in [-0.25, -0.2) is 0 Å². The second-order valence-corrected chi connectivity index (χ2v) is 6.10. The summed E-state index contributed by atoms with van der Waals surface area (Å²) in [5.41, 5.74) is 11.5. The Morgan fingerprint density at radius 3 is 2.35 bits per heavy atom. The fourth-order valence-electron chi connectivity index (χ4n) is 2.24. The predicted molar refractivity (Wildman–Crippen MR) is 75.7 cm³/mol. The van der Waals surface area contributed by atoms with E-state index in [0.717, 1.165) is 0 Å². The van der Waals surface area contributed by atoms with Crippen molar-refractivity contribution in [1.82, 2.24) is 0 Å². The fourth-order valence-corrected chi connectivity index (χ4v) is 3.21. The van der Waals surface area contributed by atoms with Gasteiger partial charge >= 0.3 is 0 Å². The standard InChI is InChI=1S/C15H19NS/c1-9-6-5-7-13(11(9)3)15(16)14-8-10(2)17-12(14)4/h5-8,15H,16H2,1-4H3. The van der Waals surface area contributed by atoms with Gasteiger partial charge in [-0.15, -0.1) is 11.3 Å². The van der Waals surface area contributed by atoms with Gasteiger partial charge in [-0.05, 0) is 56.0 Å². The molecule has 0 saturated carbocycles. The third-order valence-corrected chi connectivity index (χ3v) is 4.38. The minimum Gasteiger partial charge on any atom is -0.320 e. The minimum atomic E-state index is -0.000139. The molecule has 0 radical (unpaired) electrons. The molecule has 0 aliphatic carbocycles. The third kappa shape index (κ3) is 2.28. The second-order valence-electron chi connectivity index (χ2n) is 4.64. The zero-order valence-electron chi connectivity index (χ0n) is 10.9. The molecule has 1 atom stereocenters. The molecule has 2 heteroatoms. The quantitative estimate of drug-likeness (QED) is 0.849. The summed E-state index contributed by atoms with van der Waals surface area (Å²) in [5, 5.41) is 0. The van der Waals surface area contributed by atoms with E-state index in [1.54, 1.807) is 0 Å². The predicted octanol–water partition coefficient (Wildman–Crippen LogP) is 4.03. The van der Waals surface area contributed by atoms with Gasteiger partial charge in [-0.2, -0.15) is 0 Å². The highest BCUT2D eigenvalue weighted by molar-refractivity contribution is 7.12. The first-order chi connectivity index (χ1) is 8.00. The van der Waals surface area contributed by atoms with Crippen LogP contribution in [-0.2, 0) is 0 Å². The van der Waals surface area contributed by atoms with Crippen molar-refractivity contribution in [3.8, 4) is 0 Å². The van der Waals surface area contributed by atoms with Gasteiger partial charge in [-0.1, -0.05) is 18.2 Å². The number of nitrogens with two attached hydrogens (primary N) is 1. The van der Waals surface area contributed by atoms with Crippen molar-refractivity contribution in [3.63, 3.8) is 0 Å². The van der Waals surface area contributed by atoms with E-state index in [2.05, 4.69) is 52.0 Å². The number of hydrogen-bond acceptors (Lipinski definition) is 2. The maximum Gasteiger partial charge on any atom is 0.0565 e. The van der Waals surface area contributed by atoms with Crippen LogP contribution in [-0.4, -0.2) is 0 Å². The maximum absolute atomic E-state index is 6.41. The highest BCUT2D eigenvalue weighted by Crippen LogP contribution is 2.31. The summed E-state index contributed by atoms with van der Waals surface area (Å²) < 4.78 is 0. The van der Waals surface area contributed by atoms with E-state index >= 15 is 0 Å². The average Bonchev–Trinajstić information content (AvgIpc) is 2.61. The summed E-state index contributed by atoms with van der Waals surface area (Å²) in [6.45, 7) is 8.57. The molecule has 0 spiro atoms. The molecule has 0 bridgehead atoms. The SMILES string of the molecule is Cc1cc(C(N)c2cccc(C)c2C)c(C)s1. The molecule has 0 saturated heterocycles. The Morgan fingerprint density at radius 1 is 1.06 bits per heavy atom. The van der Waals surface area contributed by atoms with E-state index in [-0.39, 0.29) is 6.04 Å². The molecule has 1 unspecified atom stereocenters. The number of thiophene rings is 1. The van der Waals surface area contributed by atoms with Crippen LogP contribution in [0, 0.1) is 27.7 Å². The van der Waals surface area contributed by atoms with Gasteiger partial charge < -0.3 is 5.73 Å². The van der Waals surface area contributed by atoms with Gasteiger partial charge in [0, 0.05) is 9.75 Å². The number of aryl methyl sites for hydroxylation is 3. The van der Waals surface area contributed by atoms with E-state index in [4.69, 9.17) is 5.73 Å². The Kier molecular flexibility index (Phi) is 3.36. The Bertz CT molecular complexity index is 540. The van der Waals surface area contributed by atoms with Crippen LogP contribution in [0.15, 0.2) is 24.3 Å². The summed E-state index contributed by atoms with van der Waals surface area (Å²) in [7, 11) is 0. The zero-order valence-corrected chi connectivity index (χ0v) is 11.7. The van der Waals surface area contributed by atoms with Crippen LogP contribution < -0.4 is 5.73 Å². The van der Waals surface area contributed by atoms with Crippen LogP contribution in [0.1, 0.15) is 38.0 Å². The highest BCUT2D eigenvalue weighted by Gasteiger charge is 2.16. The van der Waals surface area contributed by atoms with E-state index in [1.165, 1.54) is 32.0 Å². The lowest BCUT2D eigenvalue weighted by Crippen LogP contribution is -2.13. The number of hydrogen-bond donors (Lipinski definition) is 1. The summed E-state index contributed by atoms with van der Waals surface area (Å²) in [6.07, 6.45) is 0. The van der Waals surface area contributed by atoms with E-state index in [0.29, 0.717) is 0 Å². The second kappa shape index (κ2) is 4.63. The van der Waals surface area contributed by atoms with Gasteiger partial charge in [0.15, 0.2) is 0 Å². The van der Waals surface area contributed by atoms with Crippen molar-refractivity contribution >= 4 is 11.3 Å². The topological polar surface area (TPSA) is 26.0 Å². The fraction of sp³-hybridized carbons (Fsp3) is 0.333. The Balaban J connectivity index is 2.47. The molecule has 17 heavy (non-hydrogen) atoms. The van der Waals surface area contributed by atoms with Crippen LogP contribution in [0.2, 0.25) is 0 Å². The lowest BCUT2D eigenvalue weighted by Gasteiger charge is -2.16. The molecule has 2 aromatic rings. The van der Waals surface area contributed by atoms with E-state index in [9.17, 15) is 0 Å². The molecule has 90 valence electrons. The van der Waals surface area contributed by atoms with Crippen molar-refractivity contribution in [2.75, 3.05) is 0 Å². The first-order valence-electron chi connectivity index (χ1n) is 5.89. The van der Waals surface area contributed by atoms with Crippen LogP contribution in [0.4, 0.5) is 0 Å². The van der Waals surface area contributed by atoms with Crippen molar-refractivity contribution in [3.05, 3.63) is 56.3 Å². The van der Waals surface area contributed by atoms with Gasteiger partial charge in [0.2, 0.25) is 0 Å². The molecule has 2 rings (SSSR count). The summed E-state index contributed by atoms with van der Waals surface area (Å²) in [5.74, 6) is 0. The van der Waals surface area contributed by atoms with Crippen LogP contribution in [0.5, 0.6) is 0 Å². The third-order valence-electron chi connectivity index (χ3n) is 3.40. The van der Waals surface area contributed by atoms with Crippen molar-refractivity contribution in [1.29, 1.82) is 0 Å². The van der Waals surface area contributed by atoms with Crippen molar-refractivity contribution in [2.24, 2.45) is 5.73 Å². The van der Waals surface area contributed by atoms with E-state index in [1.807, 2.05) is 11.3 Å². The molecule has 1 aromatic heterocycles. The van der Waals surface area contributed by atoms with Gasteiger partial charge in [0.25, 0.3) is 0 Å². The highest BCUT2D eigenvalue weighted by atomic mass is 32.1. The first kappa shape index (κ1) is 12.3.